The molecule has 5 heteroatoms. The lowest BCUT2D eigenvalue weighted by Gasteiger charge is -2.35. The van der Waals surface area contributed by atoms with Gasteiger partial charge in [-0.3, -0.25) is 0 Å². The molecule has 2 aromatic rings. The van der Waals surface area contributed by atoms with Gasteiger partial charge < -0.3 is 10.1 Å². The fraction of sp³-hybridized carbons (Fsp3) is 0.385. The number of nitrogens with zero attached hydrogens (tertiary/aromatic N) is 2. The zero-order valence-electron chi connectivity index (χ0n) is 10.1. The van der Waals surface area contributed by atoms with Crippen LogP contribution in [0.1, 0.15) is 12.8 Å². The molecule has 0 bridgehead atoms. The minimum Gasteiger partial charge on any atom is -0.381 e. The molecule has 0 unspecified atom stereocenters. The molecule has 1 N–H and O–H groups in total. The molecule has 1 aromatic heterocycles. The van der Waals surface area contributed by atoms with Crippen LogP contribution < -0.4 is 5.32 Å². The van der Waals surface area contributed by atoms with Crippen molar-refractivity contribution >= 4 is 28.2 Å². The Bertz CT molecular complexity index is 569. The summed E-state index contributed by atoms with van der Waals surface area (Å²) in [5.41, 5.74) is 0. The zero-order chi connectivity index (χ0) is 12.5. The third-order valence-electron chi connectivity index (χ3n) is 3.41. The molecule has 0 saturated heterocycles. The highest BCUT2D eigenvalue weighted by atomic mass is 35.5. The van der Waals surface area contributed by atoms with Crippen LogP contribution in [0.15, 0.2) is 24.3 Å². The molecule has 1 heterocycles. The number of anilines is 1. The third kappa shape index (κ3) is 2.02. The molecular weight excluding hydrogens is 250 g/mol. The van der Waals surface area contributed by atoms with Crippen LogP contribution >= 0.6 is 11.6 Å². The van der Waals surface area contributed by atoms with Gasteiger partial charge in [0.1, 0.15) is 0 Å². The van der Waals surface area contributed by atoms with Crippen LogP contribution in [0.3, 0.4) is 0 Å². The Labute approximate surface area is 110 Å². The Morgan fingerprint density at radius 2 is 1.94 bits per heavy atom. The number of fused-ring (bicyclic) bond motifs is 1. The second-order valence-electron chi connectivity index (χ2n) is 4.56. The molecule has 0 aliphatic heterocycles. The van der Waals surface area contributed by atoms with Crippen molar-refractivity contribution in [3.8, 4) is 0 Å². The summed E-state index contributed by atoms with van der Waals surface area (Å²) in [5.74, 6) is 0.801. The first-order valence-electron chi connectivity index (χ1n) is 5.98. The highest BCUT2D eigenvalue weighted by Crippen LogP contribution is 2.30. The van der Waals surface area contributed by atoms with Crippen LogP contribution in [-0.2, 0) is 4.74 Å². The molecule has 1 saturated carbocycles. The second-order valence-corrected chi connectivity index (χ2v) is 4.91. The Kier molecular flexibility index (Phi) is 3.06. The van der Waals surface area contributed by atoms with Gasteiger partial charge in [0.05, 0.1) is 6.10 Å². The Morgan fingerprint density at radius 1 is 1.22 bits per heavy atom. The van der Waals surface area contributed by atoms with Crippen molar-refractivity contribution in [1.82, 2.24) is 10.2 Å². The molecule has 0 spiro atoms. The fourth-order valence-corrected chi connectivity index (χ4v) is 2.45. The van der Waals surface area contributed by atoms with Crippen molar-refractivity contribution in [3.63, 3.8) is 0 Å². The lowest BCUT2D eigenvalue weighted by Crippen LogP contribution is -2.40. The molecule has 1 aliphatic rings. The van der Waals surface area contributed by atoms with Gasteiger partial charge in [0.25, 0.3) is 0 Å². The van der Waals surface area contributed by atoms with Crippen molar-refractivity contribution in [1.29, 1.82) is 0 Å². The molecule has 18 heavy (non-hydrogen) atoms. The van der Waals surface area contributed by atoms with E-state index in [0.717, 1.165) is 29.4 Å². The van der Waals surface area contributed by atoms with E-state index in [1.54, 1.807) is 7.11 Å². The number of ether oxygens (including phenoxy) is 1. The quantitative estimate of drug-likeness (QED) is 0.925. The molecule has 4 nitrogen and oxygen atoms in total. The summed E-state index contributed by atoms with van der Waals surface area (Å²) < 4.78 is 5.26. The van der Waals surface area contributed by atoms with Gasteiger partial charge >= 0.3 is 0 Å². The third-order valence-corrected chi connectivity index (χ3v) is 3.69. The van der Waals surface area contributed by atoms with Crippen molar-refractivity contribution < 1.29 is 4.74 Å². The largest absolute Gasteiger partial charge is 0.381 e. The van der Waals surface area contributed by atoms with E-state index in [0.29, 0.717) is 17.3 Å². The van der Waals surface area contributed by atoms with E-state index < -0.39 is 0 Å². The average Bonchev–Trinajstić information content (AvgIpc) is 2.36. The number of methoxy groups -OCH3 is 1. The highest BCUT2D eigenvalue weighted by Gasteiger charge is 2.29. The predicted octanol–water partition coefficient (Wildman–Crippen LogP) is 2.87. The van der Waals surface area contributed by atoms with Gasteiger partial charge in [-0.05, 0) is 12.8 Å². The van der Waals surface area contributed by atoms with Gasteiger partial charge in [0, 0.05) is 23.9 Å². The maximum Gasteiger partial charge on any atom is 0.159 e. The van der Waals surface area contributed by atoms with E-state index in [2.05, 4.69) is 15.5 Å². The topological polar surface area (TPSA) is 47.0 Å². The normalized spacial score (nSPS) is 22.8. The molecule has 1 aliphatic carbocycles. The maximum absolute atomic E-state index is 6.04. The van der Waals surface area contributed by atoms with Crippen LogP contribution in [0.25, 0.3) is 10.8 Å². The summed E-state index contributed by atoms with van der Waals surface area (Å²) >= 11 is 6.04. The van der Waals surface area contributed by atoms with Crippen LogP contribution in [0, 0.1) is 0 Å². The van der Waals surface area contributed by atoms with Gasteiger partial charge in [-0.15, -0.1) is 10.2 Å². The van der Waals surface area contributed by atoms with E-state index in [1.807, 2.05) is 24.3 Å². The van der Waals surface area contributed by atoms with Crippen LogP contribution in [0.4, 0.5) is 5.82 Å². The number of hydrogen-bond donors (Lipinski definition) is 1. The Hall–Kier alpha value is -1.39. The van der Waals surface area contributed by atoms with Crippen molar-refractivity contribution in [2.45, 2.75) is 25.0 Å². The number of nitrogens with one attached hydrogen (secondary N) is 1. The fourth-order valence-electron chi connectivity index (χ4n) is 2.25. The molecule has 0 amide bonds. The smallest absolute Gasteiger partial charge is 0.159 e. The summed E-state index contributed by atoms with van der Waals surface area (Å²) in [7, 11) is 1.75. The van der Waals surface area contributed by atoms with E-state index in [1.165, 1.54) is 0 Å². The Morgan fingerprint density at radius 3 is 2.67 bits per heavy atom. The van der Waals surface area contributed by atoms with Crippen LogP contribution in [0.5, 0.6) is 0 Å². The molecule has 1 fully saturated rings. The average molecular weight is 264 g/mol. The predicted molar refractivity (Wildman–Crippen MR) is 72.0 cm³/mol. The van der Waals surface area contributed by atoms with Gasteiger partial charge in [-0.2, -0.15) is 0 Å². The summed E-state index contributed by atoms with van der Waals surface area (Å²) in [6.07, 6.45) is 2.39. The van der Waals surface area contributed by atoms with Crippen molar-refractivity contribution in [2.75, 3.05) is 12.4 Å². The molecule has 1 aromatic carbocycles. The van der Waals surface area contributed by atoms with Gasteiger partial charge in [0.2, 0.25) is 0 Å². The number of aromatic nitrogens is 2. The first-order valence-corrected chi connectivity index (χ1v) is 6.36. The second kappa shape index (κ2) is 4.71. The summed E-state index contributed by atoms with van der Waals surface area (Å²) in [4.78, 5) is 0. The van der Waals surface area contributed by atoms with Gasteiger partial charge in [-0.1, -0.05) is 35.9 Å². The van der Waals surface area contributed by atoms with Crippen LogP contribution in [-0.4, -0.2) is 29.5 Å². The van der Waals surface area contributed by atoms with Crippen molar-refractivity contribution in [2.24, 2.45) is 0 Å². The molecule has 0 atom stereocenters. The van der Waals surface area contributed by atoms with Crippen molar-refractivity contribution in [3.05, 3.63) is 29.4 Å². The number of halogens is 1. The molecular formula is C13H14ClN3O. The first kappa shape index (κ1) is 11.7. The van der Waals surface area contributed by atoms with E-state index in [9.17, 15) is 0 Å². The number of rotatable bonds is 3. The monoisotopic (exact) mass is 263 g/mol. The SMILES string of the molecule is COC1CC(Nc2nnc(Cl)c3ccccc23)C1. The zero-order valence-corrected chi connectivity index (χ0v) is 10.8. The van der Waals surface area contributed by atoms with E-state index in [4.69, 9.17) is 16.3 Å². The lowest BCUT2D eigenvalue weighted by atomic mass is 9.89. The standard InChI is InChI=1S/C13H14ClN3O/c1-18-9-6-8(7-9)15-13-11-5-3-2-4-10(11)12(14)16-17-13/h2-5,8-9H,6-7H2,1H3,(H,15,17). The minimum atomic E-state index is 0.369. The Balaban J connectivity index is 1.87. The molecule has 94 valence electrons. The summed E-state index contributed by atoms with van der Waals surface area (Å²) in [6, 6.07) is 8.30. The summed E-state index contributed by atoms with van der Waals surface area (Å²) in [6.45, 7) is 0. The maximum atomic E-state index is 6.04. The number of hydrogen-bond acceptors (Lipinski definition) is 4. The summed E-state index contributed by atoms with van der Waals surface area (Å²) in [5, 5.41) is 13.9. The number of benzene rings is 1. The van der Waals surface area contributed by atoms with Crippen LogP contribution in [0.2, 0.25) is 5.15 Å². The van der Waals surface area contributed by atoms with Gasteiger partial charge in [-0.25, -0.2) is 0 Å². The van der Waals surface area contributed by atoms with Gasteiger partial charge in [0.15, 0.2) is 11.0 Å². The van der Waals surface area contributed by atoms with E-state index in [-0.39, 0.29) is 0 Å². The molecule has 3 rings (SSSR count). The lowest BCUT2D eigenvalue weighted by molar-refractivity contribution is 0.0328. The molecule has 0 radical (unpaired) electrons. The minimum absolute atomic E-state index is 0.369. The highest BCUT2D eigenvalue weighted by molar-refractivity contribution is 6.34. The van der Waals surface area contributed by atoms with E-state index >= 15 is 0 Å². The first-order chi connectivity index (χ1) is 8.78.